The third-order valence-corrected chi connectivity index (χ3v) is 7.05. The molecule has 27 heavy (non-hydrogen) atoms. The predicted octanol–water partition coefficient (Wildman–Crippen LogP) is 4.98. The first kappa shape index (κ1) is 22.7. The molecule has 1 saturated carbocycles. The molecular weight excluding hydrogens is 362 g/mol. The van der Waals surface area contributed by atoms with Crippen LogP contribution < -0.4 is 0 Å². The minimum Gasteiger partial charge on any atom is -0.481 e. The predicted molar refractivity (Wildman–Crippen MR) is 111 cm³/mol. The Bertz CT molecular complexity index is 478. The molecule has 156 valence electrons. The van der Waals surface area contributed by atoms with Crippen LogP contribution in [0.25, 0.3) is 0 Å². The van der Waals surface area contributed by atoms with E-state index in [0.29, 0.717) is 12.5 Å². The number of aliphatic carboxylic acids is 1. The Morgan fingerprint density at radius 3 is 2.74 bits per heavy atom. The molecule has 2 rings (SSSR count). The van der Waals surface area contributed by atoms with Gasteiger partial charge in [-0.3, -0.25) is 4.79 Å². The van der Waals surface area contributed by atoms with E-state index < -0.39 is 5.97 Å². The van der Waals surface area contributed by atoms with Gasteiger partial charge in [-0.15, -0.1) is 11.6 Å². The zero-order valence-electron chi connectivity index (χ0n) is 16.9. The van der Waals surface area contributed by atoms with Crippen molar-refractivity contribution in [1.82, 2.24) is 4.90 Å². The van der Waals surface area contributed by atoms with Crippen molar-refractivity contribution in [2.45, 2.75) is 101 Å². The summed E-state index contributed by atoms with van der Waals surface area (Å²) in [5.74, 6) is -0.717. The molecular formula is C22H38ClNO3. The summed E-state index contributed by atoms with van der Waals surface area (Å²) in [6.07, 6.45) is 15.8. The van der Waals surface area contributed by atoms with Gasteiger partial charge in [0.1, 0.15) is 0 Å². The van der Waals surface area contributed by atoms with Gasteiger partial charge in [0.2, 0.25) is 0 Å². The molecule has 0 radical (unpaired) electrons. The van der Waals surface area contributed by atoms with E-state index in [4.69, 9.17) is 16.7 Å². The van der Waals surface area contributed by atoms with Crippen molar-refractivity contribution < 1.29 is 15.0 Å². The molecule has 1 heterocycles. The van der Waals surface area contributed by atoms with E-state index in [0.717, 1.165) is 58.0 Å². The van der Waals surface area contributed by atoms with Gasteiger partial charge in [0.05, 0.1) is 11.5 Å². The summed E-state index contributed by atoms with van der Waals surface area (Å²) < 4.78 is 0. The van der Waals surface area contributed by atoms with E-state index in [9.17, 15) is 9.90 Å². The summed E-state index contributed by atoms with van der Waals surface area (Å²) in [6, 6.07) is 0.565. The summed E-state index contributed by atoms with van der Waals surface area (Å²) in [4.78, 5) is 13.0. The number of aliphatic hydroxyl groups is 1. The van der Waals surface area contributed by atoms with Crippen LogP contribution in [0.3, 0.4) is 0 Å². The Hall–Kier alpha value is -0.580. The Kier molecular flexibility index (Phi) is 9.61. The first-order chi connectivity index (χ1) is 13.0. The van der Waals surface area contributed by atoms with Crippen molar-refractivity contribution in [2.75, 3.05) is 13.1 Å². The molecule has 3 unspecified atom stereocenters. The average Bonchev–Trinajstić information content (AvgIpc) is 3.05. The van der Waals surface area contributed by atoms with E-state index in [-0.39, 0.29) is 23.3 Å². The Labute approximate surface area is 170 Å². The molecule has 0 spiro atoms. The fraction of sp³-hybridized carbons (Fsp3) is 0.864. The van der Waals surface area contributed by atoms with Gasteiger partial charge in [-0.2, -0.15) is 0 Å². The standard InChI is InChI=1S/C22H38ClNO3/c1-2-13-22(14-8-15-22)21(27)19(23)12-17-24-16-7-10-18(24)9-5-3-4-6-11-20(25)26/h3,5,18-19,21,27H,2,4,6-17H2,1H3,(H,25,26). The summed E-state index contributed by atoms with van der Waals surface area (Å²) >= 11 is 6.64. The quantitative estimate of drug-likeness (QED) is 0.260. The molecule has 2 aliphatic rings. The number of halogens is 1. The fourth-order valence-electron chi connectivity index (χ4n) is 4.85. The van der Waals surface area contributed by atoms with Crippen molar-refractivity contribution in [3.8, 4) is 0 Å². The van der Waals surface area contributed by atoms with Gasteiger partial charge in [-0.05, 0) is 76.3 Å². The monoisotopic (exact) mass is 399 g/mol. The largest absolute Gasteiger partial charge is 0.481 e. The van der Waals surface area contributed by atoms with E-state index in [1.54, 1.807) is 0 Å². The number of likely N-dealkylation sites (tertiary alicyclic amines) is 1. The molecule has 3 atom stereocenters. The highest BCUT2D eigenvalue weighted by Crippen LogP contribution is 2.49. The van der Waals surface area contributed by atoms with Crippen LogP contribution in [0.2, 0.25) is 0 Å². The second-order valence-corrected chi connectivity index (χ2v) is 9.10. The van der Waals surface area contributed by atoms with Crippen LogP contribution in [-0.2, 0) is 4.79 Å². The number of hydrogen-bond donors (Lipinski definition) is 2. The molecule has 0 aromatic rings. The number of rotatable bonds is 13. The molecule has 1 saturated heterocycles. The molecule has 2 fully saturated rings. The smallest absolute Gasteiger partial charge is 0.303 e. The van der Waals surface area contributed by atoms with Gasteiger partial charge in [0, 0.05) is 12.5 Å². The third-order valence-electron chi connectivity index (χ3n) is 6.59. The second-order valence-electron chi connectivity index (χ2n) is 8.54. The Balaban J connectivity index is 1.70. The zero-order chi connectivity index (χ0) is 19.7. The number of nitrogens with zero attached hydrogens (tertiary/aromatic N) is 1. The van der Waals surface area contributed by atoms with Crippen LogP contribution >= 0.6 is 11.6 Å². The van der Waals surface area contributed by atoms with Crippen molar-refractivity contribution in [2.24, 2.45) is 5.41 Å². The molecule has 0 aromatic heterocycles. The molecule has 1 aliphatic carbocycles. The number of carboxylic acid groups (broad SMARTS) is 1. The van der Waals surface area contributed by atoms with Gasteiger partial charge in [-0.1, -0.05) is 31.9 Å². The molecule has 2 N–H and O–H groups in total. The number of allylic oxidation sites excluding steroid dienone is 1. The van der Waals surface area contributed by atoms with E-state index in [1.165, 1.54) is 19.3 Å². The number of carboxylic acids is 1. The van der Waals surface area contributed by atoms with Gasteiger partial charge in [0.15, 0.2) is 0 Å². The van der Waals surface area contributed by atoms with Crippen LogP contribution in [0.4, 0.5) is 0 Å². The average molecular weight is 400 g/mol. The van der Waals surface area contributed by atoms with Crippen molar-refractivity contribution >= 4 is 17.6 Å². The van der Waals surface area contributed by atoms with E-state index in [2.05, 4.69) is 24.0 Å². The van der Waals surface area contributed by atoms with Gasteiger partial charge >= 0.3 is 5.97 Å². The van der Waals surface area contributed by atoms with Crippen molar-refractivity contribution in [3.05, 3.63) is 12.2 Å². The molecule has 0 bridgehead atoms. The highest BCUT2D eigenvalue weighted by Gasteiger charge is 2.45. The number of hydrogen-bond acceptors (Lipinski definition) is 3. The molecule has 0 amide bonds. The van der Waals surface area contributed by atoms with E-state index in [1.807, 2.05) is 0 Å². The SMILES string of the molecule is CCCC1(C(O)C(Cl)CCN2CCCC2CC=CCCCC(=O)O)CCC1. The second kappa shape index (κ2) is 11.4. The number of unbranched alkanes of at least 4 members (excludes halogenated alkanes) is 1. The number of alkyl halides is 1. The molecule has 0 aromatic carbocycles. The normalized spacial score (nSPS) is 24.8. The zero-order valence-corrected chi connectivity index (χ0v) is 17.7. The van der Waals surface area contributed by atoms with E-state index >= 15 is 0 Å². The van der Waals surface area contributed by atoms with Crippen LogP contribution in [0, 0.1) is 5.41 Å². The van der Waals surface area contributed by atoms with Crippen molar-refractivity contribution in [1.29, 1.82) is 0 Å². The topological polar surface area (TPSA) is 60.8 Å². The number of aliphatic hydroxyl groups excluding tert-OH is 1. The Morgan fingerprint density at radius 2 is 2.11 bits per heavy atom. The number of carbonyl (C=O) groups is 1. The summed E-state index contributed by atoms with van der Waals surface area (Å²) in [5.41, 5.74) is 0.0876. The van der Waals surface area contributed by atoms with Gasteiger partial charge in [-0.25, -0.2) is 0 Å². The minimum absolute atomic E-state index is 0.0876. The molecule has 5 heteroatoms. The lowest BCUT2D eigenvalue weighted by Crippen LogP contribution is -2.47. The van der Waals surface area contributed by atoms with Crippen LogP contribution in [0.1, 0.15) is 84.0 Å². The first-order valence-electron chi connectivity index (χ1n) is 10.9. The van der Waals surface area contributed by atoms with Crippen LogP contribution in [-0.4, -0.2) is 51.7 Å². The summed E-state index contributed by atoms with van der Waals surface area (Å²) in [7, 11) is 0. The lowest BCUT2D eigenvalue weighted by atomic mass is 9.62. The van der Waals surface area contributed by atoms with Gasteiger partial charge < -0.3 is 15.1 Å². The van der Waals surface area contributed by atoms with Gasteiger partial charge in [0.25, 0.3) is 0 Å². The maximum atomic E-state index is 10.8. The summed E-state index contributed by atoms with van der Waals surface area (Å²) in [6.45, 7) is 4.28. The molecule has 4 nitrogen and oxygen atoms in total. The Morgan fingerprint density at radius 1 is 1.33 bits per heavy atom. The van der Waals surface area contributed by atoms with Crippen LogP contribution in [0.15, 0.2) is 12.2 Å². The minimum atomic E-state index is -0.717. The maximum Gasteiger partial charge on any atom is 0.303 e. The lowest BCUT2D eigenvalue weighted by molar-refractivity contribution is -0.137. The molecule has 1 aliphatic heterocycles. The maximum absolute atomic E-state index is 10.8. The third kappa shape index (κ3) is 6.76. The van der Waals surface area contributed by atoms with Crippen molar-refractivity contribution in [3.63, 3.8) is 0 Å². The van der Waals surface area contributed by atoms with Crippen LogP contribution in [0.5, 0.6) is 0 Å². The first-order valence-corrected chi connectivity index (χ1v) is 11.3. The summed E-state index contributed by atoms with van der Waals surface area (Å²) in [5, 5.41) is 19.3. The fourth-order valence-corrected chi connectivity index (χ4v) is 5.22. The highest BCUT2D eigenvalue weighted by atomic mass is 35.5. The highest BCUT2D eigenvalue weighted by molar-refractivity contribution is 6.21. The lowest BCUT2D eigenvalue weighted by Gasteiger charge is -2.47.